The van der Waals surface area contributed by atoms with Gasteiger partial charge in [0.05, 0.1) is 16.9 Å². The first-order valence-electron chi connectivity index (χ1n) is 11.2. The van der Waals surface area contributed by atoms with Crippen LogP contribution in [-0.4, -0.2) is 33.3 Å². The third kappa shape index (κ3) is 3.75. The molecule has 31 heavy (non-hydrogen) atoms. The van der Waals surface area contributed by atoms with Gasteiger partial charge in [-0.3, -0.25) is 4.57 Å². The highest BCUT2D eigenvalue weighted by atomic mass is 16.5. The highest BCUT2D eigenvalue weighted by molar-refractivity contribution is 6.48. The summed E-state index contributed by atoms with van der Waals surface area (Å²) in [6, 6.07) is 13.2. The predicted molar refractivity (Wildman–Crippen MR) is 129 cm³/mol. The van der Waals surface area contributed by atoms with Gasteiger partial charge in [0, 0.05) is 23.9 Å². The van der Waals surface area contributed by atoms with E-state index in [2.05, 4.69) is 67.9 Å². The molecule has 4 nitrogen and oxygen atoms in total. The van der Waals surface area contributed by atoms with Crippen molar-refractivity contribution in [3.8, 4) is 17.1 Å². The summed E-state index contributed by atoms with van der Waals surface area (Å²) in [5.41, 5.74) is 5.78. The molecule has 1 atom stereocenters. The zero-order chi connectivity index (χ0) is 22.6. The van der Waals surface area contributed by atoms with Crippen molar-refractivity contribution in [1.82, 2.24) is 9.55 Å². The second-order valence-corrected chi connectivity index (χ2v) is 10.1. The maximum absolute atomic E-state index is 10.5. The van der Waals surface area contributed by atoms with Crippen LogP contribution in [0.2, 0.25) is 0 Å². The molecule has 3 aromatic rings. The largest absolute Gasteiger partial charge is 0.427 e. The number of nitrogens with zero attached hydrogens (tertiary/aromatic N) is 2. The first-order valence-corrected chi connectivity index (χ1v) is 11.2. The summed E-state index contributed by atoms with van der Waals surface area (Å²) in [6.07, 6.45) is 3.95. The molecule has 1 N–H and O–H groups in total. The quantitative estimate of drug-likeness (QED) is 0.615. The van der Waals surface area contributed by atoms with Crippen LogP contribution in [0.15, 0.2) is 48.8 Å². The Kier molecular flexibility index (Phi) is 5.39. The molecule has 4 rings (SSSR count). The van der Waals surface area contributed by atoms with E-state index in [1.54, 1.807) is 13.8 Å². The van der Waals surface area contributed by atoms with E-state index in [-0.39, 0.29) is 5.92 Å². The zero-order valence-electron chi connectivity index (χ0n) is 19.7. The van der Waals surface area contributed by atoms with E-state index in [1.807, 2.05) is 20.0 Å². The van der Waals surface area contributed by atoms with E-state index in [4.69, 9.17) is 9.64 Å². The Bertz CT molecular complexity index is 1110. The van der Waals surface area contributed by atoms with Gasteiger partial charge in [0.15, 0.2) is 0 Å². The van der Waals surface area contributed by atoms with Crippen LogP contribution in [0.1, 0.15) is 77.0 Å². The van der Waals surface area contributed by atoms with Crippen LogP contribution >= 0.6 is 0 Å². The van der Waals surface area contributed by atoms with Gasteiger partial charge in [0.1, 0.15) is 5.82 Å². The summed E-state index contributed by atoms with van der Waals surface area (Å²) < 4.78 is 8.48. The molecule has 1 aromatic heterocycles. The third-order valence-electron chi connectivity index (χ3n) is 7.00. The van der Waals surface area contributed by atoms with Crippen molar-refractivity contribution in [3.05, 3.63) is 65.5 Å². The molecule has 0 spiro atoms. The molecule has 1 unspecified atom stereocenters. The lowest BCUT2D eigenvalue weighted by Gasteiger charge is -2.38. The minimum Gasteiger partial charge on any atom is -0.427 e. The fourth-order valence-corrected chi connectivity index (χ4v) is 4.24. The van der Waals surface area contributed by atoms with Crippen LogP contribution in [0.25, 0.3) is 17.1 Å². The molecule has 2 bridgehead atoms. The van der Waals surface area contributed by atoms with Crippen molar-refractivity contribution in [1.29, 1.82) is 0 Å². The molecule has 0 saturated carbocycles. The molecule has 2 aromatic carbocycles. The summed E-state index contributed by atoms with van der Waals surface area (Å²) in [5.74, 6) is 1.57. The Morgan fingerprint density at radius 1 is 1.10 bits per heavy atom. The maximum atomic E-state index is 10.5. The van der Waals surface area contributed by atoms with Gasteiger partial charge in [0.25, 0.3) is 0 Å². The number of fused-ring (bicyclic) bond motifs is 6. The van der Waals surface area contributed by atoms with Crippen LogP contribution in [0, 0.1) is 0 Å². The molecule has 5 heteroatoms. The van der Waals surface area contributed by atoms with Gasteiger partial charge in [-0.15, -0.1) is 0 Å². The average molecular weight is 416 g/mol. The number of rotatable bonds is 5. The van der Waals surface area contributed by atoms with Crippen molar-refractivity contribution in [2.45, 2.75) is 71.5 Å². The molecule has 2 heterocycles. The van der Waals surface area contributed by atoms with Crippen LogP contribution in [0.3, 0.4) is 0 Å². The van der Waals surface area contributed by atoms with E-state index >= 15 is 0 Å². The van der Waals surface area contributed by atoms with E-state index in [0.717, 1.165) is 16.9 Å². The first kappa shape index (κ1) is 21.9. The average Bonchev–Trinajstić information content (AvgIpc) is 3.18. The minimum atomic E-state index is -0.937. The smallest absolute Gasteiger partial charge is 0.309 e. The van der Waals surface area contributed by atoms with E-state index in [9.17, 15) is 5.11 Å². The number of imidazole rings is 1. The van der Waals surface area contributed by atoms with Crippen molar-refractivity contribution in [2.75, 3.05) is 0 Å². The second-order valence-electron chi connectivity index (χ2n) is 10.1. The van der Waals surface area contributed by atoms with Crippen molar-refractivity contribution in [3.63, 3.8) is 0 Å². The van der Waals surface area contributed by atoms with Crippen LogP contribution in [0.5, 0.6) is 0 Å². The number of hydrogen-bond acceptors (Lipinski definition) is 3. The number of hydrogen-bond donors (Lipinski definition) is 1. The summed E-state index contributed by atoms with van der Waals surface area (Å²) in [7, 11) is 0.449. The van der Waals surface area contributed by atoms with Crippen molar-refractivity contribution >= 4 is 12.9 Å². The van der Waals surface area contributed by atoms with Gasteiger partial charge >= 0.3 is 7.48 Å². The lowest BCUT2D eigenvalue weighted by atomic mass is 9.74. The normalized spacial score (nSPS) is 15.8. The molecule has 0 saturated heterocycles. The molecule has 0 radical (unpaired) electrons. The second kappa shape index (κ2) is 7.65. The maximum Gasteiger partial charge on any atom is 0.309 e. The molecular formula is C26H33BN2O2. The Balaban J connectivity index is 1.86. The van der Waals surface area contributed by atoms with Gasteiger partial charge in [-0.1, -0.05) is 51.1 Å². The fourth-order valence-electron chi connectivity index (χ4n) is 4.24. The number of benzene rings is 2. The molecule has 1 aliphatic rings. The molecule has 0 amide bonds. The standard InChI is InChI=1S/C26H33BN2O2/c1-16(2)19-9-8-10-20-17(3)21-15-18(24-28-13-14-29(24)23(19)20)11-12-22(21)27-31-26(6,7)25(4,5)30/h8-17,27,30H,1-7H3. The Morgan fingerprint density at radius 3 is 2.52 bits per heavy atom. The number of aliphatic hydroxyl groups is 1. The zero-order valence-corrected chi connectivity index (χ0v) is 19.7. The SMILES string of the molecule is CC(C)c1cccc2c1-n1ccnc1-c1ccc(BOC(C)(C)C(C)(C)O)c(c1)C2C. The molecule has 0 aliphatic carbocycles. The number of para-hydroxylation sites is 1. The molecule has 0 fully saturated rings. The van der Waals surface area contributed by atoms with Crippen molar-refractivity contribution < 1.29 is 9.76 Å². The summed E-state index contributed by atoms with van der Waals surface area (Å²) in [6.45, 7) is 14.2. The topological polar surface area (TPSA) is 47.3 Å². The van der Waals surface area contributed by atoms with E-state index in [1.165, 1.54) is 22.4 Å². The molecule has 1 aliphatic heterocycles. The van der Waals surface area contributed by atoms with Crippen LogP contribution in [-0.2, 0) is 4.65 Å². The summed E-state index contributed by atoms with van der Waals surface area (Å²) in [5, 5.41) is 10.5. The highest BCUT2D eigenvalue weighted by Gasteiger charge is 2.36. The fraction of sp³-hybridized carbons (Fsp3) is 0.423. The minimum absolute atomic E-state index is 0.202. The van der Waals surface area contributed by atoms with E-state index < -0.39 is 11.2 Å². The number of aromatic nitrogens is 2. The predicted octanol–water partition coefficient (Wildman–Crippen LogP) is 4.67. The summed E-state index contributed by atoms with van der Waals surface area (Å²) >= 11 is 0. The molecule has 162 valence electrons. The molecular weight excluding hydrogens is 383 g/mol. The van der Waals surface area contributed by atoms with Gasteiger partial charge < -0.3 is 9.76 Å². The van der Waals surface area contributed by atoms with Gasteiger partial charge in [0.2, 0.25) is 0 Å². The lowest BCUT2D eigenvalue weighted by molar-refractivity contribution is -0.0893. The first-order chi connectivity index (χ1) is 14.5. The highest BCUT2D eigenvalue weighted by Crippen LogP contribution is 2.39. The Morgan fingerprint density at radius 2 is 1.84 bits per heavy atom. The van der Waals surface area contributed by atoms with E-state index in [0.29, 0.717) is 13.4 Å². The van der Waals surface area contributed by atoms with Crippen molar-refractivity contribution in [2.24, 2.45) is 0 Å². The third-order valence-corrected chi connectivity index (χ3v) is 7.00. The van der Waals surface area contributed by atoms with Crippen LogP contribution in [0.4, 0.5) is 0 Å². The van der Waals surface area contributed by atoms with Crippen LogP contribution < -0.4 is 5.46 Å². The van der Waals surface area contributed by atoms with Gasteiger partial charge in [-0.2, -0.15) is 0 Å². The monoisotopic (exact) mass is 416 g/mol. The Hall–Kier alpha value is -2.37. The van der Waals surface area contributed by atoms with Gasteiger partial charge in [-0.25, -0.2) is 4.98 Å². The Labute approximate surface area is 186 Å². The summed E-state index contributed by atoms with van der Waals surface area (Å²) in [4.78, 5) is 4.70. The van der Waals surface area contributed by atoms with Gasteiger partial charge in [-0.05, 0) is 61.8 Å². The lowest BCUT2D eigenvalue weighted by Crippen LogP contribution is -2.49.